The van der Waals surface area contributed by atoms with E-state index in [1.807, 2.05) is 6.92 Å². The Labute approximate surface area is 114 Å². The summed E-state index contributed by atoms with van der Waals surface area (Å²) in [6.07, 6.45) is 0. The highest BCUT2D eigenvalue weighted by atomic mass is 79.9. The van der Waals surface area contributed by atoms with Crippen LogP contribution in [0.2, 0.25) is 0 Å². The third-order valence-electron chi connectivity index (χ3n) is 1.67. The lowest BCUT2D eigenvalue weighted by molar-refractivity contribution is 0.579. The molecule has 0 fully saturated rings. The normalized spacial score (nSPS) is 11.1. The molecule has 94 valence electrons. The summed E-state index contributed by atoms with van der Waals surface area (Å²) in [7, 11) is -3.35. The van der Waals surface area contributed by atoms with Crippen LogP contribution >= 0.6 is 39.7 Å². The third-order valence-corrected chi connectivity index (χ3v) is 5.80. The zero-order valence-corrected chi connectivity index (χ0v) is 12.7. The predicted molar refractivity (Wildman–Crippen MR) is 73.0 cm³/mol. The number of hydrogen-bond donors (Lipinski definition) is 2. The van der Waals surface area contributed by atoms with E-state index < -0.39 is 10.0 Å². The first kappa shape index (κ1) is 16.3. The molecule has 0 saturated heterocycles. The van der Waals surface area contributed by atoms with Crippen molar-refractivity contribution in [1.29, 1.82) is 0 Å². The molecule has 1 heterocycles. The van der Waals surface area contributed by atoms with E-state index in [1.165, 1.54) is 11.3 Å². The summed E-state index contributed by atoms with van der Waals surface area (Å²) in [5, 5.41) is 4.78. The molecule has 1 rings (SSSR count). The standard InChI is InChI=1S/C8H13BrN2O2S2.ClH/c1-2-10-4-5-11-15(12,13)8-7(9)3-6-14-8;/h3,6,10-11H,2,4-5H2,1H3;1H. The first-order chi connectivity index (χ1) is 7.08. The van der Waals surface area contributed by atoms with E-state index in [4.69, 9.17) is 0 Å². The van der Waals surface area contributed by atoms with Gasteiger partial charge in [-0.2, -0.15) is 0 Å². The highest BCUT2D eigenvalue weighted by Gasteiger charge is 2.17. The second kappa shape index (κ2) is 7.62. The molecule has 0 saturated carbocycles. The average Bonchev–Trinajstić information content (AvgIpc) is 2.60. The lowest BCUT2D eigenvalue weighted by atomic mass is 10.6. The summed E-state index contributed by atoms with van der Waals surface area (Å²) < 4.78 is 26.9. The maximum atomic E-state index is 11.7. The van der Waals surface area contributed by atoms with E-state index in [2.05, 4.69) is 26.0 Å². The van der Waals surface area contributed by atoms with Crippen molar-refractivity contribution in [3.8, 4) is 0 Å². The molecule has 0 spiro atoms. The van der Waals surface area contributed by atoms with Gasteiger partial charge in [-0.15, -0.1) is 23.7 Å². The van der Waals surface area contributed by atoms with Crippen molar-refractivity contribution in [1.82, 2.24) is 10.0 Å². The Morgan fingerprint density at radius 1 is 1.44 bits per heavy atom. The van der Waals surface area contributed by atoms with Crippen LogP contribution in [0.5, 0.6) is 0 Å². The molecule has 8 heteroatoms. The predicted octanol–water partition coefficient (Wildman–Crippen LogP) is 1.82. The number of sulfonamides is 1. The molecule has 0 unspecified atom stereocenters. The zero-order chi connectivity index (χ0) is 11.3. The van der Waals surface area contributed by atoms with Crippen molar-refractivity contribution < 1.29 is 8.42 Å². The Kier molecular flexibility index (Phi) is 7.79. The Morgan fingerprint density at radius 3 is 2.62 bits per heavy atom. The van der Waals surface area contributed by atoms with Crippen LogP contribution in [0.1, 0.15) is 6.92 Å². The van der Waals surface area contributed by atoms with Crippen LogP contribution in [0, 0.1) is 0 Å². The Hall–Kier alpha value is 0.340. The summed E-state index contributed by atoms with van der Waals surface area (Å²) in [5.74, 6) is 0. The molecule has 0 aliphatic heterocycles. The maximum absolute atomic E-state index is 11.7. The van der Waals surface area contributed by atoms with Crippen LogP contribution in [-0.2, 0) is 10.0 Å². The van der Waals surface area contributed by atoms with Crippen molar-refractivity contribution in [2.24, 2.45) is 0 Å². The van der Waals surface area contributed by atoms with Crippen molar-refractivity contribution in [2.45, 2.75) is 11.1 Å². The molecular formula is C8H14BrClN2O2S2. The van der Waals surface area contributed by atoms with Crippen molar-refractivity contribution in [2.75, 3.05) is 19.6 Å². The minimum Gasteiger partial charge on any atom is -0.316 e. The van der Waals surface area contributed by atoms with Crippen LogP contribution in [0.3, 0.4) is 0 Å². The smallest absolute Gasteiger partial charge is 0.251 e. The lowest BCUT2D eigenvalue weighted by Gasteiger charge is -2.05. The molecule has 2 N–H and O–H groups in total. The molecular weight excluding hydrogens is 336 g/mol. The molecule has 0 bridgehead atoms. The van der Waals surface area contributed by atoms with Gasteiger partial charge in [0.1, 0.15) is 4.21 Å². The lowest BCUT2D eigenvalue weighted by Crippen LogP contribution is -2.31. The van der Waals surface area contributed by atoms with Gasteiger partial charge in [-0.3, -0.25) is 0 Å². The van der Waals surface area contributed by atoms with E-state index in [0.29, 0.717) is 21.8 Å². The topological polar surface area (TPSA) is 58.2 Å². The molecule has 16 heavy (non-hydrogen) atoms. The van der Waals surface area contributed by atoms with E-state index in [1.54, 1.807) is 11.4 Å². The van der Waals surface area contributed by atoms with E-state index in [0.717, 1.165) is 6.54 Å². The van der Waals surface area contributed by atoms with Crippen LogP contribution < -0.4 is 10.0 Å². The second-order valence-corrected chi connectivity index (χ2v) is 6.54. The van der Waals surface area contributed by atoms with Gasteiger partial charge in [-0.1, -0.05) is 6.92 Å². The van der Waals surface area contributed by atoms with E-state index in [-0.39, 0.29) is 12.4 Å². The largest absolute Gasteiger partial charge is 0.316 e. The Balaban J connectivity index is 0.00000225. The first-order valence-electron chi connectivity index (χ1n) is 4.51. The van der Waals surface area contributed by atoms with Crippen LogP contribution in [0.4, 0.5) is 0 Å². The molecule has 0 atom stereocenters. The van der Waals surface area contributed by atoms with Gasteiger partial charge in [0, 0.05) is 17.6 Å². The summed E-state index contributed by atoms with van der Waals surface area (Å²) in [5.41, 5.74) is 0. The number of hydrogen-bond acceptors (Lipinski definition) is 4. The SMILES string of the molecule is CCNCCNS(=O)(=O)c1sccc1Br.Cl. The number of nitrogens with one attached hydrogen (secondary N) is 2. The summed E-state index contributed by atoms with van der Waals surface area (Å²) in [4.78, 5) is 0. The van der Waals surface area contributed by atoms with Crippen LogP contribution in [0.15, 0.2) is 20.1 Å². The summed E-state index contributed by atoms with van der Waals surface area (Å²) in [6.45, 7) is 3.86. The molecule has 1 aromatic rings. The highest BCUT2D eigenvalue weighted by Crippen LogP contribution is 2.26. The van der Waals surface area contributed by atoms with Crippen molar-refractivity contribution >= 4 is 49.7 Å². The zero-order valence-electron chi connectivity index (χ0n) is 8.70. The summed E-state index contributed by atoms with van der Waals surface area (Å²) in [6, 6.07) is 1.73. The van der Waals surface area contributed by atoms with Crippen LogP contribution in [0.25, 0.3) is 0 Å². The van der Waals surface area contributed by atoms with Gasteiger partial charge >= 0.3 is 0 Å². The molecule has 0 radical (unpaired) electrons. The Bertz CT molecular complexity index is 408. The van der Waals surface area contributed by atoms with E-state index in [9.17, 15) is 8.42 Å². The van der Waals surface area contributed by atoms with Gasteiger partial charge < -0.3 is 5.32 Å². The molecule has 4 nitrogen and oxygen atoms in total. The maximum Gasteiger partial charge on any atom is 0.251 e. The van der Waals surface area contributed by atoms with Crippen LogP contribution in [-0.4, -0.2) is 28.1 Å². The fraction of sp³-hybridized carbons (Fsp3) is 0.500. The molecule has 0 amide bonds. The number of halogens is 2. The fourth-order valence-electron chi connectivity index (χ4n) is 0.988. The highest BCUT2D eigenvalue weighted by molar-refractivity contribution is 9.10. The van der Waals surface area contributed by atoms with Gasteiger partial charge in [0.25, 0.3) is 10.0 Å². The molecule has 0 aliphatic carbocycles. The molecule has 1 aromatic heterocycles. The van der Waals surface area contributed by atoms with Gasteiger partial charge in [0.15, 0.2) is 0 Å². The third kappa shape index (κ3) is 4.68. The minimum atomic E-state index is -3.35. The van der Waals surface area contributed by atoms with Gasteiger partial charge in [-0.25, -0.2) is 13.1 Å². The summed E-state index contributed by atoms with van der Waals surface area (Å²) >= 11 is 4.40. The Morgan fingerprint density at radius 2 is 2.12 bits per heavy atom. The number of thiophene rings is 1. The van der Waals surface area contributed by atoms with E-state index >= 15 is 0 Å². The number of likely N-dealkylation sites (N-methyl/N-ethyl adjacent to an activating group) is 1. The first-order valence-corrected chi connectivity index (χ1v) is 7.67. The minimum absolute atomic E-state index is 0. The second-order valence-electron chi connectivity index (χ2n) is 2.81. The van der Waals surface area contributed by atoms with Gasteiger partial charge in [-0.05, 0) is 33.9 Å². The molecule has 0 aromatic carbocycles. The van der Waals surface area contributed by atoms with Crippen molar-refractivity contribution in [3.05, 3.63) is 15.9 Å². The fourth-order valence-corrected chi connectivity index (χ4v) is 4.40. The van der Waals surface area contributed by atoms with Crippen molar-refractivity contribution in [3.63, 3.8) is 0 Å². The quantitative estimate of drug-likeness (QED) is 0.770. The monoisotopic (exact) mass is 348 g/mol. The van der Waals surface area contributed by atoms with Gasteiger partial charge in [0.2, 0.25) is 0 Å². The average molecular weight is 350 g/mol. The van der Waals surface area contributed by atoms with Gasteiger partial charge in [0.05, 0.1) is 0 Å². The molecule has 0 aliphatic rings. The number of rotatable bonds is 6.